The fourth-order valence-electron chi connectivity index (χ4n) is 4.10. The van der Waals surface area contributed by atoms with Crippen molar-refractivity contribution in [2.75, 3.05) is 13.2 Å². The number of thiophene rings is 1. The van der Waals surface area contributed by atoms with Crippen molar-refractivity contribution in [3.05, 3.63) is 66.2 Å². The highest BCUT2D eigenvalue weighted by Gasteiger charge is 2.52. The summed E-state index contributed by atoms with van der Waals surface area (Å²) in [5, 5.41) is 0.549. The van der Waals surface area contributed by atoms with Crippen LogP contribution in [0.5, 0.6) is 5.75 Å². The van der Waals surface area contributed by atoms with Crippen molar-refractivity contribution in [3.63, 3.8) is 0 Å². The van der Waals surface area contributed by atoms with Crippen LogP contribution in [0, 0.1) is 0 Å². The topological polar surface area (TPSA) is 54.0 Å². The van der Waals surface area contributed by atoms with Gasteiger partial charge < -0.3 is 9.47 Å². The maximum absolute atomic E-state index is 14.0. The van der Waals surface area contributed by atoms with E-state index in [9.17, 15) is 44.3 Å². The Morgan fingerprint density at radius 1 is 0.867 bits per heavy atom. The molecule has 1 heterocycles. The zero-order valence-electron chi connectivity index (χ0n) is 23.8. The van der Waals surface area contributed by atoms with Crippen molar-refractivity contribution in [3.8, 4) is 16.2 Å². The number of hydrogen-bond donors (Lipinski definition) is 0. The van der Waals surface area contributed by atoms with Gasteiger partial charge in [0.2, 0.25) is 0 Å². The molecule has 0 saturated heterocycles. The fraction of sp³-hybridized carbons (Fsp3) is 0.433. The minimum Gasteiger partial charge on any atom is -0.493 e. The van der Waals surface area contributed by atoms with E-state index in [1.54, 1.807) is 12.1 Å². The van der Waals surface area contributed by atoms with Gasteiger partial charge in [0.25, 0.3) is 0 Å². The molecule has 0 radical (unpaired) electrons. The van der Waals surface area contributed by atoms with Gasteiger partial charge >= 0.3 is 30.7 Å². The molecule has 0 aliphatic carbocycles. The number of rotatable bonds is 17. The van der Waals surface area contributed by atoms with Crippen LogP contribution in [-0.2, 0) is 31.6 Å². The number of alkyl halides is 9. The highest BCUT2D eigenvalue weighted by Crippen LogP contribution is 2.43. The van der Waals surface area contributed by atoms with E-state index in [-0.39, 0.29) is 11.3 Å². The number of carbonyl (C=O) groups is 1. The number of unbranched alkanes of at least 4 members (excludes halogenated alkanes) is 2. The number of aryl methyl sites for hydroxylation is 1. The Morgan fingerprint density at radius 2 is 1.53 bits per heavy atom. The van der Waals surface area contributed by atoms with Gasteiger partial charge in [0.05, 0.1) is 31.6 Å². The van der Waals surface area contributed by atoms with Gasteiger partial charge in [-0.15, -0.1) is 20.1 Å². The van der Waals surface area contributed by atoms with Crippen LogP contribution in [0.4, 0.5) is 39.5 Å². The van der Waals surface area contributed by atoms with Gasteiger partial charge in [-0.3, -0.25) is 0 Å². The lowest BCUT2D eigenvalue weighted by Crippen LogP contribution is -2.41. The number of halogens is 9. The molecule has 0 fully saturated rings. The summed E-state index contributed by atoms with van der Waals surface area (Å²) in [5.41, 5.74) is -0.230. The summed E-state index contributed by atoms with van der Waals surface area (Å²) in [6, 6.07) is 9.97. The number of esters is 1. The van der Waals surface area contributed by atoms with Gasteiger partial charge in [-0.05, 0) is 54.1 Å². The molecule has 0 aliphatic heterocycles. The average Bonchev–Trinajstić information content (AvgIpc) is 3.34. The minimum atomic E-state index is -5.43. The second-order valence-corrected chi connectivity index (χ2v) is 10.9. The number of hydrogen-bond acceptors (Lipinski definition) is 6. The molecule has 5 nitrogen and oxygen atoms in total. The second kappa shape index (κ2) is 14.9. The molecule has 0 bridgehead atoms. The standard InChI is InChI=1S/C30H29F9O5S/c1-3-5-6-7-19-8-11-22(23(16-19)29(35,36)37)25-17-20-9-10-21(18-24(20)45-25)41-14-12-27(31,32)43-30(38,39)44-28(33,34)13-15-42-26(40)4-2/h4,8-11,16-18H,2-3,5-7,12-15H2,1H3. The largest absolute Gasteiger partial charge is 0.494 e. The quantitative estimate of drug-likeness (QED) is 0.0470. The highest BCUT2D eigenvalue weighted by atomic mass is 32.1. The second-order valence-electron chi connectivity index (χ2n) is 9.81. The number of benzene rings is 2. The van der Waals surface area contributed by atoms with Gasteiger partial charge in [-0.2, -0.15) is 30.7 Å². The molecule has 3 rings (SSSR count). The van der Waals surface area contributed by atoms with Crippen molar-refractivity contribution in [2.45, 2.75) is 70.1 Å². The van der Waals surface area contributed by atoms with Crippen LogP contribution in [0.15, 0.2) is 55.1 Å². The molecule has 0 N–H and O–H groups in total. The number of carbonyl (C=O) groups excluding carboxylic acids is 1. The Kier molecular flexibility index (Phi) is 11.9. The third kappa shape index (κ3) is 11.2. The van der Waals surface area contributed by atoms with Crippen LogP contribution in [0.1, 0.15) is 50.2 Å². The third-order valence-electron chi connectivity index (χ3n) is 6.22. The molecule has 0 amide bonds. The molecule has 1 aromatic heterocycles. The Morgan fingerprint density at radius 3 is 2.16 bits per heavy atom. The SMILES string of the molecule is C=CC(=O)OCCC(F)(F)OC(F)(F)OC(F)(F)CCOc1ccc2cc(-c3ccc(CCCCC)cc3C(F)(F)F)sc2c1. The maximum Gasteiger partial charge on any atom is 0.494 e. The van der Waals surface area contributed by atoms with Crippen LogP contribution >= 0.6 is 11.3 Å². The molecule has 3 aromatic rings. The van der Waals surface area contributed by atoms with Crippen LogP contribution in [0.25, 0.3) is 20.5 Å². The van der Waals surface area contributed by atoms with Crippen LogP contribution < -0.4 is 4.74 Å². The summed E-state index contributed by atoms with van der Waals surface area (Å²) in [6.45, 7) is 3.03. The summed E-state index contributed by atoms with van der Waals surface area (Å²) in [5.74, 6) is -1.12. The summed E-state index contributed by atoms with van der Waals surface area (Å²) in [7, 11) is 0. The number of ether oxygens (including phenoxy) is 4. The predicted octanol–water partition coefficient (Wildman–Crippen LogP) is 9.98. The molecule has 0 saturated carbocycles. The Labute approximate surface area is 256 Å². The van der Waals surface area contributed by atoms with Crippen molar-refractivity contribution in [2.24, 2.45) is 0 Å². The molecule has 0 unspecified atom stereocenters. The zero-order valence-corrected chi connectivity index (χ0v) is 24.7. The van der Waals surface area contributed by atoms with E-state index < -0.39 is 62.3 Å². The van der Waals surface area contributed by atoms with Crippen molar-refractivity contribution in [1.29, 1.82) is 0 Å². The van der Waals surface area contributed by atoms with Crippen molar-refractivity contribution < 1.29 is 63.3 Å². The van der Waals surface area contributed by atoms with Gasteiger partial charge in [0.15, 0.2) is 0 Å². The summed E-state index contributed by atoms with van der Waals surface area (Å²) in [4.78, 5) is 11.2. The van der Waals surface area contributed by atoms with Crippen LogP contribution in [0.2, 0.25) is 0 Å². The van der Waals surface area contributed by atoms with Gasteiger partial charge in [0.1, 0.15) is 5.75 Å². The van der Waals surface area contributed by atoms with E-state index >= 15 is 0 Å². The normalized spacial score (nSPS) is 12.8. The molecular formula is C30H29F9O5S. The molecule has 45 heavy (non-hydrogen) atoms. The van der Waals surface area contributed by atoms with E-state index in [2.05, 4.69) is 20.8 Å². The smallest absolute Gasteiger partial charge is 0.493 e. The van der Waals surface area contributed by atoms with Gasteiger partial charge in [-0.25, -0.2) is 14.3 Å². The fourth-order valence-corrected chi connectivity index (χ4v) is 5.23. The lowest BCUT2D eigenvalue weighted by molar-refractivity contribution is -0.514. The average molecular weight is 673 g/mol. The van der Waals surface area contributed by atoms with Crippen LogP contribution in [-0.4, -0.2) is 37.7 Å². The Hall–Kier alpha value is -3.30. The molecule has 0 spiro atoms. The van der Waals surface area contributed by atoms with Crippen molar-refractivity contribution >= 4 is 27.4 Å². The summed E-state index contributed by atoms with van der Waals surface area (Å²) < 4.78 is 141. The lowest BCUT2D eigenvalue weighted by Gasteiger charge is -2.26. The molecular weight excluding hydrogens is 643 g/mol. The first-order valence-electron chi connectivity index (χ1n) is 13.6. The minimum absolute atomic E-state index is 0.00219. The zero-order chi connectivity index (χ0) is 33.5. The van der Waals surface area contributed by atoms with Crippen LogP contribution in [0.3, 0.4) is 0 Å². The molecule has 248 valence electrons. The van der Waals surface area contributed by atoms with Gasteiger partial charge in [0, 0.05) is 21.2 Å². The van der Waals surface area contributed by atoms with Gasteiger partial charge in [-0.1, -0.05) is 38.5 Å². The Balaban J connectivity index is 1.63. The van der Waals surface area contributed by atoms with E-state index in [0.717, 1.165) is 36.7 Å². The molecule has 2 aromatic carbocycles. The first-order valence-corrected chi connectivity index (χ1v) is 14.4. The first kappa shape index (κ1) is 36.2. The van der Waals surface area contributed by atoms with Crippen molar-refractivity contribution in [1.82, 2.24) is 0 Å². The summed E-state index contributed by atoms with van der Waals surface area (Å²) >= 11 is 1.01. The van der Waals surface area contributed by atoms with E-state index in [4.69, 9.17) is 4.74 Å². The highest BCUT2D eigenvalue weighted by molar-refractivity contribution is 7.22. The van der Waals surface area contributed by atoms with E-state index in [1.165, 1.54) is 24.3 Å². The van der Waals surface area contributed by atoms with E-state index in [1.807, 2.05) is 6.92 Å². The monoisotopic (exact) mass is 672 g/mol. The molecule has 0 atom stereocenters. The maximum atomic E-state index is 14.0. The summed E-state index contributed by atoms with van der Waals surface area (Å²) in [6.07, 6.45) is -18.7. The molecule has 0 aliphatic rings. The van der Waals surface area contributed by atoms with E-state index in [0.29, 0.717) is 33.0 Å². The molecule has 15 heteroatoms. The number of fused-ring (bicyclic) bond motifs is 1. The lowest BCUT2D eigenvalue weighted by atomic mass is 9.98. The third-order valence-corrected chi connectivity index (χ3v) is 7.35. The Bertz CT molecular complexity index is 1450. The predicted molar refractivity (Wildman–Crippen MR) is 148 cm³/mol. The first-order chi connectivity index (χ1) is 20.9.